The highest BCUT2D eigenvalue weighted by Crippen LogP contribution is 2.21. The molecule has 1 heterocycles. The Hall–Kier alpha value is -2.86. The van der Waals surface area contributed by atoms with Gasteiger partial charge in [0.15, 0.2) is 0 Å². The minimum atomic E-state index is -0.679. The Kier molecular flexibility index (Phi) is 6.31. The molecule has 0 spiro atoms. The summed E-state index contributed by atoms with van der Waals surface area (Å²) in [6.45, 7) is 6.29. The molecular weight excluding hydrogens is 354 g/mol. The predicted octanol–water partition coefficient (Wildman–Crippen LogP) is 2.38. The molecule has 1 saturated heterocycles. The highest BCUT2D eigenvalue weighted by atomic mass is 16.5. The van der Waals surface area contributed by atoms with E-state index in [1.54, 1.807) is 21.9 Å². The summed E-state index contributed by atoms with van der Waals surface area (Å²) in [5.74, 6) is 0.416. The van der Waals surface area contributed by atoms with Crippen LogP contribution in [-0.4, -0.2) is 54.4 Å². The summed E-state index contributed by atoms with van der Waals surface area (Å²) in [6, 6.07) is 14.3. The minimum absolute atomic E-state index is 0.0704. The Morgan fingerprint density at radius 1 is 1.00 bits per heavy atom. The quantitative estimate of drug-likeness (QED) is 0.863. The van der Waals surface area contributed by atoms with Crippen molar-refractivity contribution in [3.63, 3.8) is 0 Å². The lowest BCUT2D eigenvalue weighted by Gasteiger charge is -2.36. The Morgan fingerprint density at radius 2 is 1.61 bits per heavy atom. The molecule has 1 aliphatic heterocycles. The molecule has 28 heavy (non-hydrogen) atoms. The summed E-state index contributed by atoms with van der Waals surface area (Å²) in [7, 11) is 0. The lowest BCUT2D eigenvalue weighted by Crippen LogP contribution is -2.52. The summed E-state index contributed by atoms with van der Waals surface area (Å²) >= 11 is 0. The number of nitrogens with zero attached hydrogens (tertiary/aromatic N) is 2. The average molecular weight is 381 g/mol. The van der Waals surface area contributed by atoms with Crippen molar-refractivity contribution in [1.82, 2.24) is 9.80 Å². The van der Waals surface area contributed by atoms with Crippen molar-refractivity contribution in [1.29, 1.82) is 0 Å². The zero-order valence-electron chi connectivity index (χ0n) is 16.4. The molecule has 2 aromatic rings. The Bertz CT molecular complexity index is 827. The van der Waals surface area contributed by atoms with E-state index in [0.717, 1.165) is 11.1 Å². The van der Waals surface area contributed by atoms with Crippen LogP contribution in [0.4, 0.5) is 0 Å². The smallest absolute Gasteiger partial charge is 0.257 e. The van der Waals surface area contributed by atoms with Crippen molar-refractivity contribution in [3.8, 4) is 5.75 Å². The van der Waals surface area contributed by atoms with Gasteiger partial charge >= 0.3 is 0 Å². The van der Waals surface area contributed by atoms with Gasteiger partial charge < -0.3 is 20.3 Å². The van der Waals surface area contributed by atoms with E-state index < -0.39 is 6.04 Å². The number of ether oxygens (including phenoxy) is 1. The van der Waals surface area contributed by atoms with Crippen molar-refractivity contribution in [3.05, 3.63) is 65.2 Å². The van der Waals surface area contributed by atoms with Crippen LogP contribution in [0.3, 0.4) is 0 Å². The van der Waals surface area contributed by atoms with Crippen LogP contribution in [0.25, 0.3) is 0 Å². The third-order valence-electron chi connectivity index (χ3n) is 5.00. The van der Waals surface area contributed by atoms with Crippen molar-refractivity contribution in [2.24, 2.45) is 5.73 Å². The van der Waals surface area contributed by atoms with Gasteiger partial charge in [-0.25, -0.2) is 0 Å². The van der Waals surface area contributed by atoms with Crippen LogP contribution in [0.1, 0.15) is 34.5 Å². The molecule has 2 amide bonds. The van der Waals surface area contributed by atoms with Gasteiger partial charge in [0, 0.05) is 26.2 Å². The maximum Gasteiger partial charge on any atom is 0.257 e. The van der Waals surface area contributed by atoms with Crippen LogP contribution >= 0.6 is 0 Å². The molecule has 0 radical (unpaired) electrons. The summed E-state index contributed by atoms with van der Waals surface area (Å²) in [5.41, 5.74) is 8.66. The lowest BCUT2D eigenvalue weighted by atomic mass is 10.0. The maximum atomic E-state index is 12.9. The molecule has 1 unspecified atom stereocenters. The molecule has 1 fully saturated rings. The summed E-state index contributed by atoms with van der Waals surface area (Å²) in [6.07, 6.45) is 0. The van der Waals surface area contributed by atoms with Crippen LogP contribution in [0, 0.1) is 6.92 Å². The highest BCUT2D eigenvalue weighted by molar-refractivity contribution is 5.97. The largest absolute Gasteiger partial charge is 0.493 e. The minimum Gasteiger partial charge on any atom is -0.493 e. The molecule has 148 valence electrons. The first kappa shape index (κ1) is 19.9. The molecule has 0 aliphatic carbocycles. The van der Waals surface area contributed by atoms with Crippen molar-refractivity contribution in [2.45, 2.75) is 19.9 Å². The first-order valence-corrected chi connectivity index (χ1v) is 9.63. The van der Waals surface area contributed by atoms with Crippen molar-refractivity contribution in [2.75, 3.05) is 32.8 Å². The van der Waals surface area contributed by atoms with E-state index in [4.69, 9.17) is 10.5 Å². The van der Waals surface area contributed by atoms with E-state index in [1.165, 1.54) is 0 Å². The van der Waals surface area contributed by atoms with Gasteiger partial charge in [-0.3, -0.25) is 9.59 Å². The van der Waals surface area contributed by atoms with Gasteiger partial charge in [0.2, 0.25) is 5.91 Å². The second kappa shape index (κ2) is 8.89. The molecule has 0 bridgehead atoms. The molecule has 0 saturated carbocycles. The van der Waals surface area contributed by atoms with E-state index in [9.17, 15) is 9.59 Å². The van der Waals surface area contributed by atoms with Gasteiger partial charge in [0.25, 0.3) is 5.91 Å². The van der Waals surface area contributed by atoms with Crippen LogP contribution in [0.15, 0.2) is 48.5 Å². The molecule has 6 heteroatoms. The van der Waals surface area contributed by atoms with Crippen LogP contribution in [0.5, 0.6) is 5.75 Å². The zero-order chi connectivity index (χ0) is 20.1. The van der Waals surface area contributed by atoms with E-state index in [-0.39, 0.29) is 11.8 Å². The summed E-state index contributed by atoms with van der Waals surface area (Å²) < 4.78 is 5.57. The van der Waals surface area contributed by atoms with E-state index in [1.807, 2.05) is 50.2 Å². The van der Waals surface area contributed by atoms with Crippen LogP contribution < -0.4 is 10.5 Å². The zero-order valence-corrected chi connectivity index (χ0v) is 16.4. The topological polar surface area (TPSA) is 75.9 Å². The number of benzene rings is 2. The number of carbonyl (C=O) groups is 2. The summed E-state index contributed by atoms with van der Waals surface area (Å²) in [5, 5.41) is 0. The number of piperazine rings is 1. The molecule has 1 aliphatic rings. The second-order valence-electron chi connectivity index (χ2n) is 6.94. The molecule has 6 nitrogen and oxygen atoms in total. The van der Waals surface area contributed by atoms with E-state index >= 15 is 0 Å². The third-order valence-corrected chi connectivity index (χ3v) is 5.00. The fraction of sp³-hybridized carbons (Fsp3) is 0.364. The molecule has 0 aromatic heterocycles. The molecule has 1 atom stereocenters. The Morgan fingerprint density at radius 3 is 2.25 bits per heavy atom. The number of para-hydroxylation sites is 1. The van der Waals surface area contributed by atoms with Gasteiger partial charge in [0.1, 0.15) is 11.8 Å². The van der Waals surface area contributed by atoms with Gasteiger partial charge in [-0.05, 0) is 31.5 Å². The number of nitrogens with two attached hydrogens (primary N) is 1. The molecule has 3 rings (SSSR count). The average Bonchev–Trinajstić information content (AvgIpc) is 2.73. The molecule has 2 N–H and O–H groups in total. The van der Waals surface area contributed by atoms with Gasteiger partial charge in [-0.1, -0.05) is 42.0 Å². The number of carbonyl (C=O) groups excluding carboxylic acids is 2. The fourth-order valence-electron chi connectivity index (χ4n) is 3.34. The fourth-order valence-corrected chi connectivity index (χ4v) is 3.34. The highest BCUT2D eigenvalue weighted by Gasteiger charge is 2.29. The SMILES string of the molecule is CCOc1ccccc1C(=O)N1CCN(C(=O)C(N)c2ccc(C)cc2)CC1. The monoisotopic (exact) mass is 381 g/mol. The third kappa shape index (κ3) is 4.34. The normalized spacial score (nSPS) is 15.2. The number of hydrogen-bond donors (Lipinski definition) is 1. The number of aryl methyl sites for hydroxylation is 1. The van der Waals surface area contributed by atoms with Crippen molar-refractivity contribution < 1.29 is 14.3 Å². The lowest BCUT2D eigenvalue weighted by molar-refractivity contribution is -0.134. The van der Waals surface area contributed by atoms with Gasteiger partial charge in [-0.15, -0.1) is 0 Å². The number of amides is 2. The number of hydrogen-bond acceptors (Lipinski definition) is 4. The standard InChI is InChI=1S/C22H27N3O3/c1-3-28-19-7-5-4-6-18(19)21(26)24-12-14-25(15-13-24)22(27)20(23)17-10-8-16(2)9-11-17/h4-11,20H,3,12-15,23H2,1-2H3. The van der Waals surface area contributed by atoms with E-state index in [2.05, 4.69) is 0 Å². The molecule has 2 aromatic carbocycles. The first-order valence-electron chi connectivity index (χ1n) is 9.63. The predicted molar refractivity (Wildman–Crippen MR) is 108 cm³/mol. The first-order chi connectivity index (χ1) is 13.5. The van der Waals surface area contributed by atoms with Gasteiger partial charge in [0.05, 0.1) is 12.2 Å². The Labute approximate surface area is 165 Å². The maximum absolute atomic E-state index is 12.9. The second-order valence-corrected chi connectivity index (χ2v) is 6.94. The number of rotatable bonds is 5. The van der Waals surface area contributed by atoms with E-state index in [0.29, 0.717) is 44.1 Å². The Balaban J connectivity index is 1.62. The van der Waals surface area contributed by atoms with Crippen molar-refractivity contribution >= 4 is 11.8 Å². The summed E-state index contributed by atoms with van der Waals surface area (Å²) in [4.78, 5) is 29.1. The van der Waals surface area contributed by atoms with Crippen LogP contribution in [-0.2, 0) is 4.79 Å². The van der Waals surface area contributed by atoms with Gasteiger partial charge in [-0.2, -0.15) is 0 Å². The van der Waals surface area contributed by atoms with Crippen LogP contribution in [0.2, 0.25) is 0 Å². The molecular formula is C22H27N3O3.